The van der Waals surface area contributed by atoms with Crippen molar-refractivity contribution in [2.75, 3.05) is 6.54 Å². The van der Waals surface area contributed by atoms with Gasteiger partial charge in [0.05, 0.1) is 0 Å². The Balaban J connectivity index is 2.41. The fraction of sp³-hybridized carbons (Fsp3) is 0.455. The fourth-order valence-corrected chi connectivity index (χ4v) is 1.16. The van der Waals surface area contributed by atoms with Crippen molar-refractivity contribution in [1.82, 2.24) is 5.32 Å². The third-order valence-corrected chi connectivity index (χ3v) is 1.86. The number of para-hydroxylation sites is 1. The monoisotopic (exact) mass is 179 g/mol. The molecule has 1 aromatic rings. The molecule has 0 heterocycles. The van der Waals surface area contributed by atoms with E-state index in [0.29, 0.717) is 11.7 Å². The normalized spacial score (nSPS) is 10.7. The van der Waals surface area contributed by atoms with Gasteiger partial charge in [0.25, 0.3) is 0 Å². The lowest BCUT2D eigenvalue weighted by Gasteiger charge is -2.08. The molecule has 13 heavy (non-hydrogen) atoms. The van der Waals surface area contributed by atoms with Gasteiger partial charge in [-0.3, -0.25) is 0 Å². The van der Waals surface area contributed by atoms with Crippen LogP contribution in [0.4, 0.5) is 0 Å². The summed E-state index contributed by atoms with van der Waals surface area (Å²) in [5.41, 5.74) is 0.961. The highest BCUT2D eigenvalue weighted by Crippen LogP contribution is 2.14. The Morgan fingerprint density at radius 3 is 2.62 bits per heavy atom. The number of aromatic hydroxyl groups is 1. The highest BCUT2D eigenvalue weighted by Gasteiger charge is 1.98. The summed E-state index contributed by atoms with van der Waals surface area (Å²) < 4.78 is 0. The molecule has 0 spiro atoms. The van der Waals surface area contributed by atoms with Gasteiger partial charge in [-0.05, 0) is 18.5 Å². The van der Waals surface area contributed by atoms with Crippen LogP contribution in [-0.4, -0.2) is 11.7 Å². The van der Waals surface area contributed by atoms with E-state index >= 15 is 0 Å². The summed E-state index contributed by atoms with van der Waals surface area (Å²) in [6.07, 6.45) is 0. The molecule has 0 amide bonds. The van der Waals surface area contributed by atoms with E-state index in [1.165, 1.54) is 0 Å². The van der Waals surface area contributed by atoms with Crippen LogP contribution in [-0.2, 0) is 6.54 Å². The van der Waals surface area contributed by atoms with Crippen molar-refractivity contribution in [3.8, 4) is 5.75 Å². The Labute approximate surface area is 79.6 Å². The zero-order valence-corrected chi connectivity index (χ0v) is 8.25. The van der Waals surface area contributed by atoms with Crippen LogP contribution in [0.5, 0.6) is 5.75 Å². The minimum atomic E-state index is 0.374. The van der Waals surface area contributed by atoms with Gasteiger partial charge in [-0.2, -0.15) is 0 Å². The maximum atomic E-state index is 9.44. The Bertz CT molecular complexity index is 258. The third kappa shape index (κ3) is 3.47. The summed E-state index contributed by atoms with van der Waals surface area (Å²) in [6.45, 7) is 6.05. The number of rotatable bonds is 4. The van der Waals surface area contributed by atoms with Gasteiger partial charge in [0.2, 0.25) is 0 Å². The average Bonchev–Trinajstić information content (AvgIpc) is 2.08. The van der Waals surface area contributed by atoms with Gasteiger partial charge in [-0.25, -0.2) is 0 Å². The van der Waals surface area contributed by atoms with E-state index in [0.717, 1.165) is 18.7 Å². The summed E-state index contributed by atoms with van der Waals surface area (Å²) in [4.78, 5) is 0. The van der Waals surface area contributed by atoms with Gasteiger partial charge in [-0.15, -0.1) is 0 Å². The first-order chi connectivity index (χ1) is 6.20. The summed E-state index contributed by atoms with van der Waals surface area (Å²) >= 11 is 0. The number of phenols is 1. The lowest BCUT2D eigenvalue weighted by Crippen LogP contribution is -2.18. The number of benzene rings is 1. The van der Waals surface area contributed by atoms with E-state index in [4.69, 9.17) is 0 Å². The van der Waals surface area contributed by atoms with E-state index in [9.17, 15) is 5.11 Å². The van der Waals surface area contributed by atoms with Crippen LogP contribution in [0.1, 0.15) is 19.4 Å². The highest BCUT2D eigenvalue weighted by molar-refractivity contribution is 5.31. The van der Waals surface area contributed by atoms with Gasteiger partial charge in [0, 0.05) is 12.1 Å². The molecule has 0 aliphatic carbocycles. The predicted octanol–water partition coefficient (Wildman–Crippen LogP) is 2.14. The molecule has 0 saturated carbocycles. The van der Waals surface area contributed by atoms with Crippen molar-refractivity contribution >= 4 is 0 Å². The van der Waals surface area contributed by atoms with Crippen molar-refractivity contribution in [2.24, 2.45) is 5.92 Å². The Hall–Kier alpha value is -1.02. The minimum Gasteiger partial charge on any atom is -0.508 e. The molecular weight excluding hydrogens is 162 g/mol. The van der Waals surface area contributed by atoms with Gasteiger partial charge in [0.1, 0.15) is 5.75 Å². The maximum Gasteiger partial charge on any atom is 0.120 e. The van der Waals surface area contributed by atoms with Crippen LogP contribution in [0.25, 0.3) is 0 Å². The molecule has 0 aliphatic heterocycles. The molecule has 0 aromatic heterocycles. The molecule has 2 N–H and O–H groups in total. The van der Waals surface area contributed by atoms with Crippen molar-refractivity contribution in [1.29, 1.82) is 0 Å². The van der Waals surface area contributed by atoms with Crippen LogP contribution in [0.3, 0.4) is 0 Å². The zero-order valence-electron chi connectivity index (χ0n) is 8.25. The lowest BCUT2D eigenvalue weighted by molar-refractivity contribution is 0.461. The molecule has 72 valence electrons. The molecule has 0 radical (unpaired) electrons. The number of hydrogen-bond donors (Lipinski definition) is 2. The Morgan fingerprint density at radius 2 is 2.00 bits per heavy atom. The maximum absolute atomic E-state index is 9.44. The highest BCUT2D eigenvalue weighted by atomic mass is 16.3. The molecule has 2 heteroatoms. The molecule has 0 atom stereocenters. The summed E-state index contributed by atoms with van der Waals surface area (Å²) in [7, 11) is 0. The number of nitrogens with one attached hydrogen (secondary N) is 1. The SMILES string of the molecule is CC(C)CNCc1ccccc1O. The first-order valence-corrected chi connectivity index (χ1v) is 4.67. The van der Waals surface area contributed by atoms with Gasteiger partial charge in [-0.1, -0.05) is 32.0 Å². The van der Waals surface area contributed by atoms with E-state index in [1.54, 1.807) is 6.07 Å². The van der Waals surface area contributed by atoms with Crippen LogP contribution < -0.4 is 5.32 Å². The Morgan fingerprint density at radius 1 is 1.31 bits per heavy atom. The summed E-state index contributed by atoms with van der Waals surface area (Å²) in [5, 5.41) is 12.7. The molecule has 0 saturated heterocycles. The second-order valence-electron chi connectivity index (χ2n) is 3.65. The molecule has 0 unspecified atom stereocenters. The average molecular weight is 179 g/mol. The second-order valence-corrected chi connectivity index (χ2v) is 3.65. The predicted molar refractivity (Wildman–Crippen MR) is 54.7 cm³/mol. The van der Waals surface area contributed by atoms with Crippen molar-refractivity contribution in [3.05, 3.63) is 29.8 Å². The van der Waals surface area contributed by atoms with Crippen LogP contribution in [0.2, 0.25) is 0 Å². The fourth-order valence-electron chi connectivity index (χ4n) is 1.16. The molecule has 2 nitrogen and oxygen atoms in total. The van der Waals surface area contributed by atoms with Crippen LogP contribution >= 0.6 is 0 Å². The van der Waals surface area contributed by atoms with E-state index < -0.39 is 0 Å². The van der Waals surface area contributed by atoms with Crippen LogP contribution in [0.15, 0.2) is 24.3 Å². The minimum absolute atomic E-state index is 0.374. The van der Waals surface area contributed by atoms with E-state index in [2.05, 4.69) is 19.2 Å². The van der Waals surface area contributed by atoms with Crippen LogP contribution in [0, 0.1) is 5.92 Å². The molecular formula is C11H17NO. The molecule has 0 fully saturated rings. The molecule has 0 aliphatic rings. The number of hydrogen-bond acceptors (Lipinski definition) is 2. The smallest absolute Gasteiger partial charge is 0.120 e. The van der Waals surface area contributed by atoms with Gasteiger partial charge in [0.15, 0.2) is 0 Å². The van der Waals surface area contributed by atoms with Gasteiger partial charge >= 0.3 is 0 Å². The second kappa shape index (κ2) is 4.87. The largest absolute Gasteiger partial charge is 0.508 e. The van der Waals surface area contributed by atoms with E-state index in [1.807, 2.05) is 18.2 Å². The van der Waals surface area contributed by atoms with Crippen molar-refractivity contribution < 1.29 is 5.11 Å². The zero-order chi connectivity index (χ0) is 9.68. The van der Waals surface area contributed by atoms with Crippen molar-refractivity contribution in [3.63, 3.8) is 0 Å². The number of phenolic OH excluding ortho intramolecular Hbond substituents is 1. The van der Waals surface area contributed by atoms with Crippen molar-refractivity contribution in [2.45, 2.75) is 20.4 Å². The molecule has 1 rings (SSSR count). The van der Waals surface area contributed by atoms with Gasteiger partial charge < -0.3 is 10.4 Å². The molecule has 0 bridgehead atoms. The molecule has 1 aromatic carbocycles. The Kier molecular flexibility index (Phi) is 3.77. The first-order valence-electron chi connectivity index (χ1n) is 4.67. The summed E-state index contributed by atoms with van der Waals surface area (Å²) in [5.74, 6) is 1.02. The van der Waals surface area contributed by atoms with E-state index in [-0.39, 0.29) is 0 Å². The summed E-state index contributed by atoms with van der Waals surface area (Å²) in [6, 6.07) is 7.42. The quantitative estimate of drug-likeness (QED) is 0.742. The standard InChI is InChI=1S/C11H17NO/c1-9(2)7-12-8-10-5-3-4-6-11(10)13/h3-6,9,12-13H,7-8H2,1-2H3. The lowest BCUT2D eigenvalue weighted by atomic mass is 10.2. The third-order valence-electron chi connectivity index (χ3n) is 1.86. The topological polar surface area (TPSA) is 32.3 Å². The first kappa shape index (κ1) is 10.1.